The highest BCUT2D eigenvalue weighted by atomic mass is 19.3. The zero-order valence-electron chi connectivity index (χ0n) is 4.78. The fourth-order valence-corrected chi connectivity index (χ4v) is 0.529. The number of halogens is 2. The van der Waals surface area contributed by atoms with Crippen molar-refractivity contribution < 1.29 is 8.78 Å². The molecule has 0 fully saturated rings. The number of nitrogens with zero attached hydrogens (tertiary/aromatic N) is 1. The van der Waals surface area contributed by atoms with E-state index < -0.39 is 6.43 Å². The van der Waals surface area contributed by atoms with Crippen molar-refractivity contribution in [2.24, 2.45) is 0 Å². The molecule has 4 heteroatoms. The number of H-pyrrole nitrogens is 1. The summed E-state index contributed by atoms with van der Waals surface area (Å²) in [6.07, 6.45) is -0.319. The molecule has 1 heterocycles. The van der Waals surface area contributed by atoms with Gasteiger partial charge >= 0.3 is 0 Å². The summed E-state index contributed by atoms with van der Waals surface area (Å²) in [4.78, 5) is 0. The molecule has 0 saturated heterocycles. The van der Waals surface area contributed by atoms with Gasteiger partial charge in [-0.15, -0.1) is 0 Å². The van der Waals surface area contributed by atoms with Crippen molar-refractivity contribution in [3.05, 3.63) is 17.5 Å². The summed E-state index contributed by atoms with van der Waals surface area (Å²) in [7, 11) is 0. The molecule has 1 aromatic heterocycles. The summed E-state index contributed by atoms with van der Waals surface area (Å²) in [5.74, 6) is 0. The number of aryl methyl sites for hydroxylation is 1. The quantitative estimate of drug-likeness (QED) is 0.614. The Bertz CT molecular complexity index is 195. The highest BCUT2D eigenvalue weighted by Crippen LogP contribution is 2.18. The Labute approximate surface area is 50.9 Å². The van der Waals surface area contributed by atoms with Crippen LogP contribution in [0.3, 0.4) is 0 Å². The molecule has 0 spiro atoms. The lowest BCUT2D eigenvalue weighted by Gasteiger charge is -1.91. The highest BCUT2D eigenvalue weighted by Gasteiger charge is 2.11. The van der Waals surface area contributed by atoms with E-state index in [9.17, 15) is 8.78 Å². The summed E-state index contributed by atoms with van der Waals surface area (Å²) in [6, 6.07) is 0. The van der Waals surface area contributed by atoms with E-state index in [0.29, 0.717) is 5.69 Å². The first-order valence-electron chi connectivity index (χ1n) is 2.42. The standard InChI is InChI=1S/C5H5F2N2/c1-3-4(5(6)7)2-8-9-3/h5H,1H3,(H,8,9). The smallest absolute Gasteiger partial charge is 0.267 e. The van der Waals surface area contributed by atoms with Crippen LogP contribution in [0.1, 0.15) is 17.7 Å². The number of hydrogen-bond acceptors (Lipinski definition) is 1. The Morgan fingerprint density at radius 3 is 2.56 bits per heavy atom. The third kappa shape index (κ3) is 1.06. The Hall–Kier alpha value is -0.930. The molecule has 0 aliphatic rings. The van der Waals surface area contributed by atoms with Gasteiger partial charge < -0.3 is 0 Å². The van der Waals surface area contributed by atoms with Gasteiger partial charge in [0.05, 0.1) is 5.56 Å². The first-order valence-corrected chi connectivity index (χ1v) is 2.42. The molecule has 0 unspecified atom stereocenters. The van der Waals surface area contributed by atoms with Crippen LogP contribution in [0.2, 0.25) is 0 Å². The van der Waals surface area contributed by atoms with Crippen LogP contribution < -0.4 is 0 Å². The van der Waals surface area contributed by atoms with E-state index in [1.807, 2.05) is 0 Å². The summed E-state index contributed by atoms with van der Waals surface area (Å²) in [5.41, 5.74) is 0.236. The fraction of sp³-hybridized carbons (Fsp3) is 0.400. The Morgan fingerprint density at radius 1 is 1.67 bits per heavy atom. The predicted molar refractivity (Wildman–Crippen MR) is 27.1 cm³/mol. The molecular formula is C5H5F2N2. The maximum Gasteiger partial charge on any atom is 0.267 e. The largest absolute Gasteiger partial charge is 0.282 e. The Morgan fingerprint density at radius 2 is 2.33 bits per heavy atom. The van der Waals surface area contributed by atoms with E-state index in [-0.39, 0.29) is 5.56 Å². The molecule has 1 radical (unpaired) electrons. The lowest BCUT2D eigenvalue weighted by molar-refractivity contribution is 0.150. The molecule has 0 atom stereocenters. The molecule has 0 aliphatic heterocycles. The predicted octanol–water partition coefficient (Wildman–Crippen LogP) is 1.46. The van der Waals surface area contributed by atoms with Gasteiger partial charge in [0, 0.05) is 5.69 Å². The van der Waals surface area contributed by atoms with Gasteiger partial charge in [0.15, 0.2) is 0 Å². The van der Waals surface area contributed by atoms with Crippen molar-refractivity contribution in [3.63, 3.8) is 0 Å². The first kappa shape index (κ1) is 6.19. The molecule has 1 N–H and O–H groups in total. The van der Waals surface area contributed by atoms with E-state index in [1.54, 1.807) is 0 Å². The van der Waals surface area contributed by atoms with Crippen LogP contribution in [0.25, 0.3) is 0 Å². The average Bonchev–Trinajstić information content (AvgIpc) is 2.13. The SMILES string of the molecule is Cc1[nH]n[c]c1C(F)F. The topological polar surface area (TPSA) is 28.7 Å². The average molecular weight is 131 g/mol. The maximum atomic E-state index is 11.8. The third-order valence-electron chi connectivity index (χ3n) is 1.02. The molecule has 49 valence electrons. The van der Waals surface area contributed by atoms with Gasteiger partial charge in [-0.05, 0) is 6.92 Å². The minimum Gasteiger partial charge on any atom is -0.282 e. The second kappa shape index (κ2) is 2.13. The molecule has 1 aromatic rings. The van der Waals surface area contributed by atoms with E-state index >= 15 is 0 Å². The van der Waals surface area contributed by atoms with Crippen molar-refractivity contribution in [1.29, 1.82) is 0 Å². The minimum absolute atomic E-state index is 0.144. The van der Waals surface area contributed by atoms with Crippen LogP contribution in [0, 0.1) is 13.1 Å². The number of alkyl halides is 2. The van der Waals surface area contributed by atoms with Crippen molar-refractivity contribution in [2.75, 3.05) is 0 Å². The molecule has 0 aromatic carbocycles. The molecule has 0 aliphatic carbocycles. The van der Waals surface area contributed by atoms with Gasteiger partial charge in [0.25, 0.3) is 6.43 Å². The van der Waals surface area contributed by atoms with Crippen LogP contribution in [0.4, 0.5) is 8.78 Å². The molecule has 9 heavy (non-hydrogen) atoms. The Balaban J connectivity index is 2.94. The van der Waals surface area contributed by atoms with Gasteiger partial charge in [-0.1, -0.05) is 0 Å². The Kier molecular flexibility index (Phi) is 1.46. The number of nitrogens with one attached hydrogen (secondary N) is 1. The highest BCUT2D eigenvalue weighted by molar-refractivity contribution is 5.13. The van der Waals surface area contributed by atoms with Gasteiger partial charge in [-0.25, -0.2) is 8.78 Å². The van der Waals surface area contributed by atoms with Crippen LogP contribution in [-0.2, 0) is 0 Å². The molecular weight excluding hydrogens is 126 g/mol. The van der Waals surface area contributed by atoms with E-state index in [1.165, 1.54) is 6.92 Å². The van der Waals surface area contributed by atoms with Crippen LogP contribution >= 0.6 is 0 Å². The van der Waals surface area contributed by atoms with Crippen LogP contribution in [0.15, 0.2) is 0 Å². The van der Waals surface area contributed by atoms with Crippen molar-refractivity contribution in [2.45, 2.75) is 13.3 Å². The van der Waals surface area contributed by atoms with Gasteiger partial charge in [0.2, 0.25) is 0 Å². The number of aromatic nitrogens is 2. The zero-order chi connectivity index (χ0) is 6.85. The molecule has 1 rings (SSSR count). The van der Waals surface area contributed by atoms with E-state index in [0.717, 1.165) is 0 Å². The number of hydrogen-bond donors (Lipinski definition) is 1. The van der Waals surface area contributed by atoms with Crippen molar-refractivity contribution >= 4 is 0 Å². The zero-order valence-corrected chi connectivity index (χ0v) is 4.78. The molecule has 0 bridgehead atoms. The third-order valence-corrected chi connectivity index (χ3v) is 1.02. The summed E-state index contributed by atoms with van der Waals surface area (Å²) >= 11 is 0. The van der Waals surface area contributed by atoms with Crippen molar-refractivity contribution in [3.8, 4) is 0 Å². The van der Waals surface area contributed by atoms with Gasteiger partial charge in [-0.2, -0.15) is 5.10 Å². The van der Waals surface area contributed by atoms with E-state index in [4.69, 9.17) is 0 Å². The lowest BCUT2D eigenvalue weighted by atomic mass is 10.3. The number of aromatic amines is 1. The van der Waals surface area contributed by atoms with Crippen LogP contribution in [0.5, 0.6) is 0 Å². The maximum absolute atomic E-state index is 11.8. The van der Waals surface area contributed by atoms with E-state index in [2.05, 4.69) is 16.4 Å². The van der Waals surface area contributed by atoms with Gasteiger partial charge in [-0.3, -0.25) is 5.10 Å². The van der Waals surface area contributed by atoms with Crippen LogP contribution in [-0.4, -0.2) is 10.2 Å². The van der Waals surface area contributed by atoms with Crippen molar-refractivity contribution in [1.82, 2.24) is 10.2 Å². The molecule has 0 amide bonds. The molecule has 2 nitrogen and oxygen atoms in total. The molecule has 0 saturated carbocycles. The first-order chi connectivity index (χ1) is 4.22. The summed E-state index contributed by atoms with van der Waals surface area (Å²) in [6.45, 7) is 1.53. The second-order valence-electron chi connectivity index (χ2n) is 1.67. The summed E-state index contributed by atoms with van der Waals surface area (Å²) in [5, 5.41) is 5.68. The fourth-order valence-electron chi connectivity index (χ4n) is 0.529. The van der Waals surface area contributed by atoms with Gasteiger partial charge in [0.1, 0.15) is 6.20 Å². The number of rotatable bonds is 1. The summed E-state index contributed by atoms with van der Waals surface area (Å²) < 4.78 is 23.5. The minimum atomic E-state index is -2.47. The second-order valence-corrected chi connectivity index (χ2v) is 1.67. The lowest BCUT2D eigenvalue weighted by Crippen LogP contribution is -1.83. The normalized spacial score (nSPS) is 10.7. The monoisotopic (exact) mass is 131 g/mol.